The van der Waals surface area contributed by atoms with Crippen molar-refractivity contribution in [2.75, 3.05) is 0 Å². The Morgan fingerprint density at radius 3 is 2.00 bits per heavy atom. The molecule has 1 amide bonds. The quantitative estimate of drug-likeness (QED) is 0.466. The number of rotatable bonds is 5. The Morgan fingerprint density at radius 1 is 1.00 bits per heavy atom. The lowest BCUT2D eigenvalue weighted by Gasteiger charge is -2.14. The van der Waals surface area contributed by atoms with Gasteiger partial charge >= 0.3 is 6.18 Å². The highest BCUT2D eigenvalue weighted by atomic mass is 35.5. The van der Waals surface area contributed by atoms with Crippen molar-refractivity contribution in [1.29, 1.82) is 0 Å². The molecule has 2 aromatic carbocycles. The molecule has 148 valence electrons. The van der Waals surface area contributed by atoms with E-state index < -0.39 is 17.5 Å². The molecule has 0 radical (unpaired) electrons. The maximum absolute atomic E-state index is 13.5. The van der Waals surface area contributed by atoms with Gasteiger partial charge in [0.05, 0.1) is 11.6 Å². The smallest absolute Gasteiger partial charge is 0.350 e. The van der Waals surface area contributed by atoms with Crippen LogP contribution < -0.4 is 5.32 Å². The van der Waals surface area contributed by atoms with Gasteiger partial charge in [-0.15, -0.1) is 0 Å². The van der Waals surface area contributed by atoms with Crippen LogP contribution in [0.2, 0.25) is 10.0 Å². The summed E-state index contributed by atoms with van der Waals surface area (Å²) in [5.41, 5.74) is -0.645. The van der Waals surface area contributed by atoms with E-state index >= 15 is 0 Å². The van der Waals surface area contributed by atoms with Crippen LogP contribution in [0.15, 0.2) is 48.5 Å². The number of halogens is 5. The molecule has 1 atom stereocenters. The third-order valence-electron chi connectivity index (χ3n) is 3.87. The minimum atomic E-state index is -4.77. The average Bonchev–Trinajstić information content (AvgIpc) is 2.57. The van der Waals surface area contributed by atoms with Gasteiger partial charge in [-0.3, -0.25) is 9.59 Å². The van der Waals surface area contributed by atoms with Crippen LogP contribution in [-0.2, 0) is 4.79 Å². The zero-order valence-corrected chi connectivity index (χ0v) is 16.4. The second-order valence-corrected chi connectivity index (χ2v) is 7.00. The van der Waals surface area contributed by atoms with Crippen LogP contribution >= 0.6 is 23.2 Å². The van der Waals surface area contributed by atoms with Crippen molar-refractivity contribution in [3.05, 3.63) is 75.3 Å². The topological polar surface area (TPSA) is 46.2 Å². The Bertz CT molecular complexity index is 902. The predicted molar refractivity (Wildman–Crippen MR) is 103 cm³/mol. The number of hydrogen-bond acceptors (Lipinski definition) is 2. The molecule has 0 aromatic heterocycles. The Morgan fingerprint density at radius 2 is 1.54 bits per heavy atom. The van der Waals surface area contributed by atoms with Crippen molar-refractivity contribution < 1.29 is 22.8 Å². The van der Waals surface area contributed by atoms with Crippen LogP contribution in [-0.4, -0.2) is 17.9 Å². The molecular weight excluding hydrogens is 414 g/mol. The molecule has 2 rings (SSSR count). The molecule has 0 fully saturated rings. The number of ketones is 1. The summed E-state index contributed by atoms with van der Waals surface area (Å²) in [7, 11) is 0. The van der Waals surface area contributed by atoms with Gasteiger partial charge in [0, 0.05) is 22.5 Å². The van der Waals surface area contributed by atoms with Gasteiger partial charge < -0.3 is 5.32 Å². The molecule has 1 unspecified atom stereocenters. The number of hydrogen-bond donors (Lipinski definition) is 1. The molecule has 0 aliphatic heterocycles. The normalized spacial score (nSPS) is 13.2. The molecule has 0 saturated carbocycles. The molecule has 1 N–H and O–H groups in total. The lowest BCUT2D eigenvalue weighted by atomic mass is 9.99. The molecule has 0 aliphatic rings. The maximum Gasteiger partial charge on any atom is 0.417 e. The standard InChI is InChI=1S/C20H16Cl2F3NO2/c1-11(26-12(2)27)13-3-5-14(6-4-13)19(28)10-18(20(23,24)25)15-7-16(21)9-17(22)8-15/h3-11H,1-2H3,(H,26,27). The molecule has 0 saturated heterocycles. The first-order chi connectivity index (χ1) is 13.0. The van der Waals surface area contributed by atoms with Crippen molar-refractivity contribution in [3.8, 4) is 0 Å². The summed E-state index contributed by atoms with van der Waals surface area (Å²) in [6, 6.07) is 9.16. The molecule has 8 heteroatoms. The number of alkyl halides is 3. The highest BCUT2D eigenvalue weighted by molar-refractivity contribution is 6.35. The van der Waals surface area contributed by atoms with Crippen molar-refractivity contribution in [1.82, 2.24) is 5.32 Å². The van der Waals surface area contributed by atoms with E-state index in [4.69, 9.17) is 23.2 Å². The monoisotopic (exact) mass is 429 g/mol. The van der Waals surface area contributed by atoms with Gasteiger partial charge in [0.15, 0.2) is 5.78 Å². The molecule has 2 aromatic rings. The highest BCUT2D eigenvalue weighted by Gasteiger charge is 2.35. The van der Waals surface area contributed by atoms with E-state index in [0.717, 1.165) is 12.1 Å². The van der Waals surface area contributed by atoms with Crippen LogP contribution in [0.5, 0.6) is 0 Å². The van der Waals surface area contributed by atoms with Crippen molar-refractivity contribution in [2.24, 2.45) is 0 Å². The third-order valence-corrected chi connectivity index (χ3v) is 4.31. The van der Waals surface area contributed by atoms with Crippen LogP contribution in [0, 0.1) is 0 Å². The van der Waals surface area contributed by atoms with Gasteiger partial charge in [0.25, 0.3) is 0 Å². The fourth-order valence-corrected chi connectivity index (χ4v) is 3.10. The third kappa shape index (κ3) is 5.84. The fourth-order valence-electron chi connectivity index (χ4n) is 2.58. The Balaban J connectivity index is 2.36. The summed E-state index contributed by atoms with van der Waals surface area (Å²) in [6.45, 7) is 3.13. The molecule has 28 heavy (non-hydrogen) atoms. The Labute approximate surface area is 170 Å². The zero-order valence-electron chi connectivity index (χ0n) is 14.9. The van der Waals surface area contributed by atoms with Crippen molar-refractivity contribution in [2.45, 2.75) is 26.1 Å². The summed E-state index contributed by atoms with van der Waals surface area (Å²) in [5.74, 6) is -1.03. The van der Waals surface area contributed by atoms with E-state index in [-0.39, 0.29) is 33.1 Å². The number of carbonyl (C=O) groups excluding carboxylic acids is 2. The number of allylic oxidation sites excluding steroid dienone is 2. The van der Waals surface area contributed by atoms with E-state index in [2.05, 4.69) is 5.32 Å². The Hall–Kier alpha value is -2.31. The summed E-state index contributed by atoms with van der Waals surface area (Å²) in [6.07, 6.45) is -4.25. The maximum atomic E-state index is 13.5. The van der Waals surface area contributed by atoms with Gasteiger partial charge in [0.1, 0.15) is 0 Å². The SMILES string of the molecule is CC(=O)NC(C)c1ccc(C(=O)C=C(c2cc(Cl)cc(Cl)c2)C(F)(F)F)cc1. The molecule has 3 nitrogen and oxygen atoms in total. The van der Waals surface area contributed by atoms with Gasteiger partial charge in [-0.25, -0.2) is 0 Å². The van der Waals surface area contributed by atoms with Crippen LogP contribution in [0.4, 0.5) is 13.2 Å². The van der Waals surface area contributed by atoms with E-state index in [1.165, 1.54) is 25.1 Å². The van der Waals surface area contributed by atoms with E-state index in [1.54, 1.807) is 19.1 Å². The fraction of sp³-hybridized carbons (Fsp3) is 0.200. The van der Waals surface area contributed by atoms with Crippen LogP contribution in [0.1, 0.15) is 41.4 Å². The second-order valence-electron chi connectivity index (χ2n) is 6.12. The number of carbonyl (C=O) groups is 2. The Kier molecular flexibility index (Phi) is 6.91. The minimum Gasteiger partial charge on any atom is -0.350 e. The van der Waals surface area contributed by atoms with Crippen molar-refractivity contribution >= 4 is 40.5 Å². The van der Waals surface area contributed by atoms with E-state index in [9.17, 15) is 22.8 Å². The number of benzene rings is 2. The molecule has 0 aliphatic carbocycles. The number of nitrogens with one attached hydrogen (secondary N) is 1. The van der Waals surface area contributed by atoms with Crippen LogP contribution in [0.3, 0.4) is 0 Å². The molecule has 0 heterocycles. The largest absolute Gasteiger partial charge is 0.417 e. The molecular formula is C20H16Cl2F3NO2. The van der Waals surface area contributed by atoms with Gasteiger partial charge in [0.2, 0.25) is 5.91 Å². The summed E-state index contributed by atoms with van der Waals surface area (Å²) < 4.78 is 40.5. The first kappa shape index (κ1) is 22.0. The summed E-state index contributed by atoms with van der Waals surface area (Å²) >= 11 is 11.6. The van der Waals surface area contributed by atoms with Gasteiger partial charge in [-0.1, -0.05) is 47.5 Å². The summed E-state index contributed by atoms with van der Waals surface area (Å²) in [5, 5.41) is 2.74. The lowest BCUT2D eigenvalue weighted by Crippen LogP contribution is -2.23. The first-order valence-electron chi connectivity index (χ1n) is 8.14. The van der Waals surface area contributed by atoms with Crippen LogP contribution in [0.25, 0.3) is 5.57 Å². The summed E-state index contributed by atoms with van der Waals surface area (Å²) in [4.78, 5) is 23.5. The zero-order chi connectivity index (χ0) is 21.1. The highest BCUT2D eigenvalue weighted by Crippen LogP contribution is 2.36. The first-order valence-corrected chi connectivity index (χ1v) is 8.89. The van der Waals surface area contributed by atoms with Gasteiger partial charge in [-0.05, 0) is 42.3 Å². The van der Waals surface area contributed by atoms with E-state index in [0.29, 0.717) is 11.6 Å². The molecule has 0 spiro atoms. The van der Waals surface area contributed by atoms with Gasteiger partial charge in [-0.2, -0.15) is 13.2 Å². The molecule has 0 bridgehead atoms. The van der Waals surface area contributed by atoms with E-state index in [1.807, 2.05) is 0 Å². The average molecular weight is 430 g/mol. The van der Waals surface area contributed by atoms with Crippen molar-refractivity contribution in [3.63, 3.8) is 0 Å². The second kappa shape index (κ2) is 8.80. The minimum absolute atomic E-state index is 0.0291. The lowest BCUT2D eigenvalue weighted by molar-refractivity contribution is -0.119. The number of amides is 1. The predicted octanol–water partition coefficient (Wildman–Crippen LogP) is 6.02.